The zero-order valence-electron chi connectivity index (χ0n) is 29.5. The van der Waals surface area contributed by atoms with Crippen molar-refractivity contribution in [3.05, 3.63) is 24.3 Å². The number of hydrogen-bond donors (Lipinski definition) is 2. The highest BCUT2D eigenvalue weighted by molar-refractivity contribution is 7.46. The van der Waals surface area contributed by atoms with Crippen LogP contribution in [0.25, 0.3) is 0 Å². The average Bonchev–Trinajstić information content (AvgIpc) is 3.02. The fraction of sp³-hybridized carbons (Fsp3) is 0.838. The van der Waals surface area contributed by atoms with E-state index >= 15 is 0 Å². The van der Waals surface area contributed by atoms with E-state index in [1.54, 1.807) is 0 Å². The maximum Gasteiger partial charge on any atom is 0.469 e. The lowest BCUT2D eigenvalue weighted by Crippen LogP contribution is -2.29. The van der Waals surface area contributed by atoms with Gasteiger partial charge in [-0.1, -0.05) is 147 Å². The maximum atomic E-state index is 12.3. The topological polar surface area (TPSA) is 119 Å². The van der Waals surface area contributed by atoms with Gasteiger partial charge < -0.3 is 19.3 Å². The van der Waals surface area contributed by atoms with Crippen molar-refractivity contribution in [2.24, 2.45) is 0 Å². The van der Waals surface area contributed by atoms with Crippen molar-refractivity contribution in [2.75, 3.05) is 13.2 Å². The summed E-state index contributed by atoms with van der Waals surface area (Å²) in [4.78, 5) is 42.6. The minimum absolute atomic E-state index is 0.198. The van der Waals surface area contributed by atoms with Gasteiger partial charge in [-0.3, -0.25) is 14.1 Å². The first-order valence-corrected chi connectivity index (χ1v) is 20.2. The molecular formula is C37H69O8P. The summed E-state index contributed by atoms with van der Waals surface area (Å²) in [5.74, 6) is -0.897. The molecule has 2 N–H and O–H groups in total. The molecule has 270 valence electrons. The van der Waals surface area contributed by atoms with Crippen LogP contribution < -0.4 is 0 Å². The van der Waals surface area contributed by atoms with Crippen LogP contribution in [-0.4, -0.2) is 41.0 Å². The highest BCUT2D eigenvalue weighted by Crippen LogP contribution is 2.36. The summed E-state index contributed by atoms with van der Waals surface area (Å²) in [5, 5.41) is 0. The van der Waals surface area contributed by atoms with Crippen molar-refractivity contribution < 1.29 is 37.9 Å². The summed E-state index contributed by atoms with van der Waals surface area (Å²) in [6, 6.07) is 0. The van der Waals surface area contributed by atoms with Gasteiger partial charge in [-0.2, -0.15) is 0 Å². The molecule has 0 saturated carbocycles. The number of carbonyl (C=O) groups excluding carboxylic acids is 2. The molecule has 46 heavy (non-hydrogen) atoms. The molecule has 0 bridgehead atoms. The van der Waals surface area contributed by atoms with Crippen molar-refractivity contribution in [2.45, 2.75) is 187 Å². The summed E-state index contributed by atoms with van der Waals surface area (Å²) in [6.45, 7) is 3.64. The van der Waals surface area contributed by atoms with E-state index in [9.17, 15) is 14.2 Å². The maximum absolute atomic E-state index is 12.3. The largest absolute Gasteiger partial charge is 0.469 e. The summed E-state index contributed by atoms with van der Waals surface area (Å²) < 4.78 is 26.3. The Labute approximate surface area is 281 Å². The SMILES string of the molecule is CCCCC/C=C\C/C=C\CCCCCCCC(=O)O[C@H](COC(=O)CCCCCCCCCCCCCCC)COP(=O)(O)O. The van der Waals surface area contributed by atoms with Crippen molar-refractivity contribution in [1.29, 1.82) is 0 Å². The number of hydrogen-bond acceptors (Lipinski definition) is 6. The smallest absolute Gasteiger partial charge is 0.462 e. The van der Waals surface area contributed by atoms with Gasteiger partial charge >= 0.3 is 19.8 Å². The molecule has 0 unspecified atom stereocenters. The van der Waals surface area contributed by atoms with Gasteiger partial charge in [0.2, 0.25) is 0 Å². The molecule has 0 fully saturated rings. The summed E-state index contributed by atoms with van der Waals surface area (Å²) in [6.07, 6.45) is 36.1. The minimum atomic E-state index is -4.75. The molecule has 0 aromatic rings. The first-order chi connectivity index (χ1) is 22.3. The van der Waals surface area contributed by atoms with Gasteiger partial charge in [0.25, 0.3) is 0 Å². The monoisotopic (exact) mass is 672 g/mol. The van der Waals surface area contributed by atoms with Crippen LogP contribution in [0.4, 0.5) is 0 Å². The predicted molar refractivity (Wildman–Crippen MR) is 189 cm³/mol. The summed E-state index contributed by atoms with van der Waals surface area (Å²) in [7, 11) is -4.75. The number of rotatable bonds is 34. The Morgan fingerprint density at radius 3 is 1.48 bits per heavy atom. The minimum Gasteiger partial charge on any atom is -0.462 e. The molecule has 1 atom stereocenters. The Morgan fingerprint density at radius 1 is 0.565 bits per heavy atom. The van der Waals surface area contributed by atoms with E-state index in [1.165, 1.54) is 89.9 Å². The van der Waals surface area contributed by atoms with E-state index in [-0.39, 0.29) is 19.4 Å². The number of allylic oxidation sites excluding steroid dienone is 4. The highest BCUT2D eigenvalue weighted by Gasteiger charge is 2.22. The molecule has 0 aromatic carbocycles. The van der Waals surface area contributed by atoms with Crippen LogP contribution in [-0.2, 0) is 28.2 Å². The molecule has 0 radical (unpaired) electrons. The van der Waals surface area contributed by atoms with Crippen LogP contribution in [0.3, 0.4) is 0 Å². The van der Waals surface area contributed by atoms with Gasteiger partial charge in [0.15, 0.2) is 6.10 Å². The molecule has 8 nitrogen and oxygen atoms in total. The molecular weight excluding hydrogens is 603 g/mol. The number of carbonyl (C=O) groups is 2. The molecule has 0 rings (SSSR count). The fourth-order valence-electron chi connectivity index (χ4n) is 5.17. The van der Waals surface area contributed by atoms with Crippen LogP contribution >= 0.6 is 7.82 Å². The predicted octanol–water partition coefficient (Wildman–Crippen LogP) is 10.8. The first-order valence-electron chi connectivity index (χ1n) is 18.6. The highest BCUT2D eigenvalue weighted by atomic mass is 31.2. The van der Waals surface area contributed by atoms with Crippen molar-refractivity contribution in [1.82, 2.24) is 0 Å². The van der Waals surface area contributed by atoms with Crippen molar-refractivity contribution >= 4 is 19.8 Å². The Hall–Kier alpha value is -1.47. The molecule has 0 amide bonds. The Bertz CT molecular complexity index is 807. The second kappa shape index (κ2) is 33.4. The Balaban J connectivity index is 3.99. The van der Waals surface area contributed by atoms with Gasteiger partial charge in [0.1, 0.15) is 6.61 Å². The van der Waals surface area contributed by atoms with E-state index < -0.39 is 32.5 Å². The molecule has 0 aromatic heterocycles. The average molecular weight is 673 g/mol. The van der Waals surface area contributed by atoms with Crippen LogP contribution in [0.2, 0.25) is 0 Å². The number of unbranched alkanes of at least 4 members (excludes halogenated alkanes) is 20. The Kier molecular flexibility index (Phi) is 32.4. The third-order valence-corrected chi connectivity index (χ3v) is 8.46. The van der Waals surface area contributed by atoms with Crippen LogP contribution in [0.5, 0.6) is 0 Å². The fourth-order valence-corrected chi connectivity index (χ4v) is 5.53. The number of phosphoric ester groups is 1. The lowest BCUT2D eigenvalue weighted by molar-refractivity contribution is -0.161. The van der Waals surface area contributed by atoms with Gasteiger partial charge in [0.05, 0.1) is 6.61 Å². The van der Waals surface area contributed by atoms with Gasteiger partial charge in [-0.25, -0.2) is 4.57 Å². The van der Waals surface area contributed by atoms with E-state index in [2.05, 4.69) is 42.7 Å². The first kappa shape index (κ1) is 44.5. The zero-order chi connectivity index (χ0) is 34.0. The van der Waals surface area contributed by atoms with E-state index in [0.29, 0.717) is 6.42 Å². The molecule has 9 heteroatoms. The van der Waals surface area contributed by atoms with E-state index in [1.807, 2.05) is 0 Å². The number of ether oxygens (including phenoxy) is 2. The summed E-state index contributed by atoms with van der Waals surface area (Å²) in [5.41, 5.74) is 0. The quantitative estimate of drug-likeness (QED) is 0.0300. The van der Waals surface area contributed by atoms with Gasteiger partial charge in [0, 0.05) is 12.8 Å². The molecule has 0 aliphatic rings. The lowest BCUT2D eigenvalue weighted by Gasteiger charge is -2.18. The lowest BCUT2D eigenvalue weighted by atomic mass is 10.0. The van der Waals surface area contributed by atoms with Crippen LogP contribution in [0.1, 0.15) is 181 Å². The molecule has 0 saturated heterocycles. The molecule has 0 heterocycles. The molecule has 0 aliphatic heterocycles. The number of phosphoric acid groups is 1. The third-order valence-electron chi connectivity index (χ3n) is 7.97. The van der Waals surface area contributed by atoms with Gasteiger partial charge in [-0.15, -0.1) is 0 Å². The molecule has 0 spiro atoms. The second-order valence-corrected chi connectivity index (χ2v) is 13.8. The second-order valence-electron chi connectivity index (χ2n) is 12.6. The van der Waals surface area contributed by atoms with E-state index in [0.717, 1.165) is 57.8 Å². The van der Waals surface area contributed by atoms with E-state index in [4.69, 9.17) is 19.3 Å². The summed E-state index contributed by atoms with van der Waals surface area (Å²) >= 11 is 0. The van der Waals surface area contributed by atoms with Crippen LogP contribution in [0.15, 0.2) is 24.3 Å². The van der Waals surface area contributed by atoms with Crippen molar-refractivity contribution in [3.8, 4) is 0 Å². The third kappa shape index (κ3) is 35.4. The van der Waals surface area contributed by atoms with Crippen molar-refractivity contribution in [3.63, 3.8) is 0 Å². The number of esters is 2. The molecule has 0 aliphatic carbocycles. The zero-order valence-corrected chi connectivity index (χ0v) is 30.4. The normalized spacial score (nSPS) is 12.7. The van der Waals surface area contributed by atoms with Crippen LogP contribution in [0, 0.1) is 0 Å². The van der Waals surface area contributed by atoms with Gasteiger partial charge in [-0.05, 0) is 44.9 Å². The Morgan fingerprint density at radius 2 is 0.978 bits per heavy atom. The standard InChI is InChI=1S/C37H69O8P/c1-3-5-7-9-11-13-15-17-18-20-22-24-26-28-30-32-37(39)45-35(34-44-46(40,41)42)33-43-36(38)31-29-27-25-23-21-19-16-14-12-10-8-6-4-2/h11,13,17-18,35H,3-10,12,14-16,19-34H2,1-2H3,(H2,40,41,42)/b13-11-,18-17-/t35-/m1/s1.